The highest BCUT2D eigenvalue weighted by atomic mass is 16.5. The van der Waals surface area contributed by atoms with Crippen LogP contribution in [0.2, 0.25) is 0 Å². The first kappa shape index (κ1) is 13.7. The summed E-state index contributed by atoms with van der Waals surface area (Å²) in [6.45, 7) is 6.28. The highest BCUT2D eigenvalue weighted by molar-refractivity contribution is 5.75. The Balaban J connectivity index is 2.59. The van der Waals surface area contributed by atoms with Gasteiger partial charge in [0.15, 0.2) is 0 Å². The number of benzene rings is 1. The molecule has 0 radical (unpaired) electrons. The van der Waals surface area contributed by atoms with Crippen molar-refractivity contribution in [3.05, 3.63) is 35.9 Å². The normalized spacial score (nSPS) is 14.1. The summed E-state index contributed by atoms with van der Waals surface area (Å²) < 4.78 is 5.03. The molecule has 0 aliphatic heterocycles. The zero-order valence-corrected chi connectivity index (χ0v) is 10.8. The lowest BCUT2D eigenvalue weighted by atomic mass is 10.1. The molecule has 0 heterocycles. The van der Waals surface area contributed by atoms with Gasteiger partial charge in [0.2, 0.25) is 0 Å². The molecule has 0 saturated carbocycles. The molecule has 2 atom stereocenters. The van der Waals surface area contributed by atoms with Gasteiger partial charge >= 0.3 is 5.97 Å². The summed E-state index contributed by atoms with van der Waals surface area (Å²) in [4.78, 5) is 11.7. The number of carbonyl (C=O) groups excluding carboxylic acids is 1. The van der Waals surface area contributed by atoms with Gasteiger partial charge in [0, 0.05) is 6.04 Å². The van der Waals surface area contributed by atoms with Crippen LogP contribution in [0, 0.1) is 0 Å². The SMILES string of the molecule is CCOC(=O)[C@@H](CC)N[C@@H](C)c1ccccc1. The third-order valence-corrected chi connectivity index (χ3v) is 2.73. The van der Waals surface area contributed by atoms with Gasteiger partial charge in [-0.1, -0.05) is 37.3 Å². The maximum Gasteiger partial charge on any atom is 0.323 e. The highest BCUT2D eigenvalue weighted by Crippen LogP contribution is 2.13. The monoisotopic (exact) mass is 235 g/mol. The molecule has 0 aliphatic rings. The third-order valence-electron chi connectivity index (χ3n) is 2.73. The number of rotatable bonds is 6. The molecule has 0 fully saturated rings. The molecular weight excluding hydrogens is 214 g/mol. The van der Waals surface area contributed by atoms with E-state index in [2.05, 4.69) is 24.4 Å². The molecule has 1 aromatic rings. The van der Waals surface area contributed by atoms with Crippen LogP contribution in [0.1, 0.15) is 38.8 Å². The van der Waals surface area contributed by atoms with Crippen LogP contribution < -0.4 is 5.32 Å². The first-order valence-corrected chi connectivity index (χ1v) is 6.16. The molecule has 0 unspecified atom stereocenters. The first-order chi connectivity index (χ1) is 8.19. The Bertz CT molecular complexity index is 337. The van der Waals surface area contributed by atoms with E-state index in [9.17, 15) is 4.79 Å². The summed E-state index contributed by atoms with van der Waals surface area (Å²) in [5, 5.41) is 3.29. The fourth-order valence-corrected chi connectivity index (χ4v) is 1.74. The second-order valence-corrected chi connectivity index (χ2v) is 4.01. The summed E-state index contributed by atoms with van der Waals surface area (Å²) in [5.74, 6) is -0.169. The zero-order valence-electron chi connectivity index (χ0n) is 10.8. The van der Waals surface area contributed by atoms with Crippen molar-refractivity contribution < 1.29 is 9.53 Å². The molecule has 0 amide bonds. The Morgan fingerprint density at radius 2 is 1.94 bits per heavy atom. The minimum Gasteiger partial charge on any atom is -0.465 e. The lowest BCUT2D eigenvalue weighted by molar-refractivity contribution is -0.145. The fourth-order valence-electron chi connectivity index (χ4n) is 1.74. The minimum atomic E-state index is -0.231. The van der Waals surface area contributed by atoms with Crippen LogP contribution in [0.25, 0.3) is 0 Å². The average molecular weight is 235 g/mol. The smallest absolute Gasteiger partial charge is 0.323 e. The van der Waals surface area contributed by atoms with Gasteiger partial charge < -0.3 is 4.74 Å². The molecule has 0 aliphatic carbocycles. The molecule has 0 bridgehead atoms. The van der Waals surface area contributed by atoms with E-state index in [1.807, 2.05) is 32.0 Å². The van der Waals surface area contributed by atoms with E-state index in [1.165, 1.54) is 5.56 Å². The standard InChI is InChI=1S/C14H21NO2/c1-4-13(14(16)17-5-2)15-11(3)12-9-7-6-8-10-12/h6-11,13,15H,4-5H2,1-3H3/t11-,13+/m0/s1. The number of hydrogen-bond acceptors (Lipinski definition) is 3. The molecule has 0 aromatic heterocycles. The Morgan fingerprint density at radius 3 is 2.47 bits per heavy atom. The second-order valence-electron chi connectivity index (χ2n) is 4.01. The average Bonchev–Trinajstić information content (AvgIpc) is 2.37. The lowest BCUT2D eigenvalue weighted by Gasteiger charge is -2.21. The van der Waals surface area contributed by atoms with E-state index in [0.29, 0.717) is 6.61 Å². The van der Waals surface area contributed by atoms with Gasteiger partial charge in [0.05, 0.1) is 6.61 Å². The van der Waals surface area contributed by atoms with Crippen molar-refractivity contribution in [2.75, 3.05) is 6.61 Å². The van der Waals surface area contributed by atoms with Gasteiger partial charge in [-0.3, -0.25) is 10.1 Å². The van der Waals surface area contributed by atoms with Crippen LogP contribution in [0.5, 0.6) is 0 Å². The van der Waals surface area contributed by atoms with Crippen molar-refractivity contribution in [3.8, 4) is 0 Å². The topological polar surface area (TPSA) is 38.3 Å². The summed E-state index contributed by atoms with van der Waals surface area (Å²) in [7, 11) is 0. The van der Waals surface area contributed by atoms with Crippen LogP contribution in [0.3, 0.4) is 0 Å². The van der Waals surface area contributed by atoms with Crippen molar-refractivity contribution >= 4 is 5.97 Å². The van der Waals surface area contributed by atoms with Gasteiger partial charge in [-0.05, 0) is 25.8 Å². The predicted molar refractivity (Wildman–Crippen MR) is 68.7 cm³/mol. The first-order valence-electron chi connectivity index (χ1n) is 6.16. The highest BCUT2D eigenvalue weighted by Gasteiger charge is 2.19. The van der Waals surface area contributed by atoms with Crippen LogP contribution in [0.15, 0.2) is 30.3 Å². The Labute approximate surface area is 103 Å². The molecule has 0 spiro atoms. The Kier molecular flexibility index (Phi) is 5.70. The van der Waals surface area contributed by atoms with Crippen molar-refractivity contribution in [2.45, 2.75) is 39.3 Å². The number of hydrogen-bond donors (Lipinski definition) is 1. The molecule has 94 valence electrons. The van der Waals surface area contributed by atoms with Gasteiger partial charge in [0.25, 0.3) is 0 Å². The van der Waals surface area contributed by atoms with E-state index in [0.717, 1.165) is 6.42 Å². The van der Waals surface area contributed by atoms with Crippen molar-refractivity contribution in [3.63, 3.8) is 0 Å². The van der Waals surface area contributed by atoms with Gasteiger partial charge in [0.1, 0.15) is 6.04 Å². The maximum absolute atomic E-state index is 11.7. The summed E-state index contributed by atoms with van der Waals surface area (Å²) in [5.41, 5.74) is 1.18. The van der Waals surface area contributed by atoms with Crippen LogP contribution in [-0.4, -0.2) is 18.6 Å². The zero-order chi connectivity index (χ0) is 12.7. The molecule has 17 heavy (non-hydrogen) atoms. The van der Waals surface area contributed by atoms with Gasteiger partial charge in [-0.2, -0.15) is 0 Å². The van der Waals surface area contributed by atoms with Crippen molar-refractivity contribution in [2.24, 2.45) is 0 Å². The maximum atomic E-state index is 11.7. The quantitative estimate of drug-likeness (QED) is 0.770. The number of nitrogens with one attached hydrogen (secondary N) is 1. The van der Waals surface area contributed by atoms with E-state index in [1.54, 1.807) is 0 Å². The Hall–Kier alpha value is -1.35. The molecule has 1 N–H and O–H groups in total. The number of ether oxygens (including phenoxy) is 1. The van der Waals surface area contributed by atoms with Crippen molar-refractivity contribution in [1.82, 2.24) is 5.32 Å². The van der Waals surface area contributed by atoms with E-state index < -0.39 is 0 Å². The molecular formula is C14H21NO2. The van der Waals surface area contributed by atoms with Crippen LogP contribution >= 0.6 is 0 Å². The predicted octanol–water partition coefficient (Wildman–Crippen LogP) is 2.68. The number of esters is 1. The minimum absolute atomic E-state index is 0.144. The van der Waals surface area contributed by atoms with Gasteiger partial charge in [-0.15, -0.1) is 0 Å². The van der Waals surface area contributed by atoms with Gasteiger partial charge in [-0.25, -0.2) is 0 Å². The van der Waals surface area contributed by atoms with E-state index >= 15 is 0 Å². The number of carbonyl (C=O) groups is 1. The third kappa shape index (κ3) is 4.19. The Morgan fingerprint density at radius 1 is 1.29 bits per heavy atom. The lowest BCUT2D eigenvalue weighted by Crippen LogP contribution is -2.39. The molecule has 1 aromatic carbocycles. The summed E-state index contributed by atoms with van der Waals surface area (Å²) in [6.07, 6.45) is 0.732. The van der Waals surface area contributed by atoms with Crippen LogP contribution in [-0.2, 0) is 9.53 Å². The van der Waals surface area contributed by atoms with Crippen molar-refractivity contribution in [1.29, 1.82) is 0 Å². The molecule has 3 nitrogen and oxygen atoms in total. The molecule has 0 saturated heterocycles. The van der Waals surface area contributed by atoms with E-state index in [-0.39, 0.29) is 18.1 Å². The largest absolute Gasteiger partial charge is 0.465 e. The van der Waals surface area contributed by atoms with E-state index in [4.69, 9.17) is 4.74 Å². The summed E-state index contributed by atoms with van der Waals surface area (Å²) >= 11 is 0. The fraction of sp³-hybridized carbons (Fsp3) is 0.500. The summed E-state index contributed by atoms with van der Waals surface area (Å²) in [6, 6.07) is 10.00. The molecule has 3 heteroatoms. The van der Waals surface area contributed by atoms with Crippen LogP contribution in [0.4, 0.5) is 0 Å². The second kappa shape index (κ2) is 7.07. The molecule has 1 rings (SSSR count).